The van der Waals surface area contributed by atoms with E-state index in [9.17, 15) is 12.6 Å². The molecule has 0 fully saturated rings. The fourth-order valence-electron chi connectivity index (χ4n) is 1.36. The van der Waals surface area contributed by atoms with Gasteiger partial charge in [-0.3, -0.25) is 0 Å². The van der Waals surface area contributed by atoms with Crippen LogP contribution in [0.1, 0.15) is 13.8 Å². The van der Waals surface area contributed by atoms with E-state index in [0.29, 0.717) is 14.3 Å². The molecule has 2 rings (SSSR count). The number of rotatable bonds is 2. The van der Waals surface area contributed by atoms with Crippen LogP contribution in [0.25, 0.3) is 0 Å². The topological polar surface area (TPSA) is 66.8 Å². The second-order valence-corrected chi connectivity index (χ2v) is 7.21. The number of sulfonamides is 1. The first-order chi connectivity index (χ1) is 8.44. The van der Waals surface area contributed by atoms with Crippen LogP contribution in [0.5, 0.6) is 0 Å². The van der Waals surface area contributed by atoms with Gasteiger partial charge in [0.1, 0.15) is 0 Å². The summed E-state index contributed by atoms with van der Waals surface area (Å²) in [5.41, 5.74) is 0.716. The highest BCUT2D eigenvalue weighted by atomic mass is 32.3. The van der Waals surface area contributed by atoms with Crippen molar-refractivity contribution in [3.05, 3.63) is 40.8 Å². The van der Waals surface area contributed by atoms with Crippen molar-refractivity contribution in [3.63, 3.8) is 0 Å². The molecule has 0 saturated carbocycles. The van der Waals surface area contributed by atoms with Crippen LogP contribution in [0, 0.1) is 0 Å². The standard InChI is InChI=1S/C11H12N2O3S2/c1-9-8-12-13(17(14)10(9)2)18(15,16)11-6-4-3-5-7-11/h3-8H,1-2H3. The Balaban J connectivity index is 2.47. The fraction of sp³-hybridized carbons (Fsp3) is 0.182. The second-order valence-electron chi connectivity index (χ2n) is 3.76. The van der Waals surface area contributed by atoms with Gasteiger partial charge in [-0.15, -0.1) is 0 Å². The Morgan fingerprint density at radius 3 is 2.39 bits per heavy atom. The third-order valence-electron chi connectivity index (χ3n) is 2.55. The molecule has 0 N–H and O–H groups in total. The maximum Gasteiger partial charge on any atom is 0.291 e. The molecule has 7 heteroatoms. The minimum Gasteiger partial charge on any atom is -0.229 e. The van der Waals surface area contributed by atoms with Gasteiger partial charge in [-0.05, 0) is 31.6 Å². The SMILES string of the molecule is CC1=C(C)S(=O)N(S(=O)(=O)c2ccccc2)N=C1. The molecular formula is C11H12N2O3S2. The summed E-state index contributed by atoms with van der Waals surface area (Å²) in [5.74, 6) is 0. The van der Waals surface area contributed by atoms with Crippen molar-refractivity contribution < 1.29 is 12.6 Å². The van der Waals surface area contributed by atoms with Crippen molar-refractivity contribution in [2.45, 2.75) is 18.7 Å². The lowest BCUT2D eigenvalue weighted by atomic mass is 10.3. The van der Waals surface area contributed by atoms with Crippen LogP contribution in [0.2, 0.25) is 0 Å². The van der Waals surface area contributed by atoms with Gasteiger partial charge in [0.05, 0.1) is 11.1 Å². The monoisotopic (exact) mass is 284 g/mol. The zero-order chi connectivity index (χ0) is 13.3. The summed E-state index contributed by atoms with van der Waals surface area (Å²) in [6, 6.07) is 7.82. The summed E-state index contributed by atoms with van der Waals surface area (Å²) in [6.45, 7) is 3.37. The van der Waals surface area contributed by atoms with Crippen molar-refractivity contribution >= 4 is 27.2 Å². The second kappa shape index (κ2) is 4.66. The summed E-state index contributed by atoms with van der Waals surface area (Å²) in [4.78, 5) is 0.562. The third kappa shape index (κ3) is 2.11. The molecule has 0 aromatic heterocycles. The van der Waals surface area contributed by atoms with E-state index in [0.717, 1.165) is 0 Å². The average molecular weight is 284 g/mol. The highest BCUT2D eigenvalue weighted by Crippen LogP contribution is 2.24. The Labute approximate surface area is 108 Å². The summed E-state index contributed by atoms with van der Waals surface area (Å²) in [7, 11) is -5.66. The van der Waals surface area contributed by atoms with Crippen LogP contribution in [0.15, 0.2) is 50.8 Å². The number of nitrogens with zero attached hydrogens (tertiary/aromatic N) is 2. The van der Waals surface area contributed by atoms with Crippen molar-refractivity contribution in [1.29, 1.82) is 0 Å². The Bertz CT molecular complexity index is 648. The summed E-state index contributed by atoms with van der Waals surface area (Å²) < 4.78 is 37.2. The van der Waals surface area contributed by atoms with Crippen LogP contribution in [0.3, 0.4) is 0 Å². The van der Waals surface area contributed by atoms with E-state index in [4.69, 9.17) is 0 Å². The van der Waals surface area contributed by atoms with Crippen LogP contribution >= 0.6 is 0 Å². The Kier molecular flexibility index (Phi) is 3.36. The molecule has 0 amide bonds. The molecule has 1 aromatic rings. The van der Waals surface area contributed by atoms with E-state index in [-0.39, 0.29) is 4.90 Å². The summed E-state index contributed by atoms with van der Waals surface area (Å²) in [6.07, 6.45) is 1.40. The molecule has 1 aliphatic rings. The predicted octanol–water partition coefficient (Wildman–Crippen LogP) is 1.63. The van der Waals surface area contributed by atoms with E-state index < -0.39 is 21.0 Å². The molecule has 1 atom stereocenters. The largest absolute Gasteiger partial charge is 0.291 e. The molecule has 0 radical (unpaired) electrons. The van der Waals surface area contributed by atoms with Crippen molar-refractivity contribution in [1.82, 2.24) is 3.82 Å². The van der Waals surface area contributed by atoms with Gasteiger partial charge in [-0.2, -0.15) is 13.5 Å². The average Bonchev–Trinajstić information content (AvgIpc) is 2.37. The van der Waals surface area contributed by atoms with Gasteiger partial charge in [-0.1, -0.05) is 22.0 Å². The van der Waals surface area contributed by atoms with Gasteiger partial charge in [-0.25, -0.2) is 4.21 Å². The highest BCUT2D eigenvalue weighted by Gasteiger charge is 2.31. The maximum absolute atomic E-state index is 12.2. The quantitative estimate of drug-likeness (QED) is 0.829. The third-order valence-corrected chi connectivity index (χ3v) is 6.14. The van der Waals surface area contributed by atoms with Gasteiger partial charge < -0.3 is 0 Å². The van der Waals surface area contributed by atoms with Crippen LogP contribution in [0.4, 0.5) is 0 Å². The zero-order valence-electron chi connectivity index (χ0n) is 9.90. The van der Waals surface area contributed by atoms with Crippen LogP contribution in [-0.4, -0.2) is 22.7 Å². The van der Waals surface area contributed by atoms with Gasteiger partial charge >= 0.3 is 0 Å². The Morgan fingerprint density at radius 1 is 1.17 bits per heavy atom. The molecule has 0 aliphatic carbocycles. The first kappa shape index (κ1) is 13.0. The van der Waals surface area contributed by atoms with Gasteiger partial charge in [0, 0.05) is 4.91 Å². The molecule has 0 bridgehead atoms. The molecule has 1 heterocycles. The normalized spacial score (nSPS) is 20.3. The fourth-order valence-corrected chi connectivity index (χ4v) is 4.21. The number of hydrogen-bond acceptors (Lipinski definition) is 4. The number of allylic oxidation sites excluding steroid dienone is 2. The van der Waals surface area contributed by atoms with Crippen LogP contribution in [-0.2, 0) is 21.0 Å². The molecule has 96 valence electrons. The molecule has 18 heavy (non-hydrogen) atoms. The van der Waals surface area contributed by atoms with E-state index in [1.807, 2.05) is 0 Å². The molecule has 1 aliphatic heterocycles. The highest BCUT2D eigenvalue weighted by molar-refractivity contribution is 8.02. The molecule has 0 saturated heterocycles. The van der Waals surface area contributed by atoms with E-state index in [1.54, 1.807) is 32.0 Å². The van der Waals surface area contributed by atoms with Crippen molar-refractivity contribution in [2.75, 3.05) is 0 Å². The maximum atomic E-state index is 12.2. The van der Waals surface area contributed by atoms with Gasteiger partial charge in [0.2, 0.25) is 0 Å². The zero-order valence-corrected chi connectivity index (χ0v) is 11.5. The number of benzene rings is 1. The molecular weight excluding hydrogens is 272 g/mol. The minimum absolute atomic E-state index is 0.0721. The first-order valence-corrected chi connectivity index (χ1v) is 7.73. The Hall–Kier alpha value is -1.47. The lowest BCUT2D eigenvalue weighted by Gasteiger charge is -2.21. The van der Waals surface area contributed by atoms with Crippen molar-refractivity contribution in [2.24, 2.45) is 5.10 Å². The molecule has 1 aromatic carbocycles. The van der Waals surface area contributed by atoms with E-state index >= 15 is 0 Å². The van der Waals surface area contributed by atoms with Crippen molar-refractivity contribution in [3.8, 4) is 0 Å². The smallest absolute Gasteiger partial charge is 0.229 e. The first-order valence-electron chi connectivity index (χ1n) is 5.18. The summed E-state index contributed by atoms with van der Waals surface area (Å²) >= 11 is 0. The van der Waals surface area contributed by atoms with E-state index in [2.05, 4.69) is 5.10 Å². The predicted molar refractivity (Wildman–Crippen MR) is 70.5 cm³/mol. The molecule has 0 spiro atoms. The minimum atomic E-state index is -3.87. The van der Waals surface area contributed by atoms with Crippen LogP contribution < -0.4 is 0 Å². The van der Waals surface area contributed by atoms with Gasteiger partial charge in [0.25, 0.3) is 10.0 Å². The lowest BCUT2D eigenvalue weighted by molar-refractivity contribution is 0.540. The molecule has 1 unspecified atom stereocenters. The van der Waals surface area contributed by atoms with E-state index in [1.165, 1.54) is 18.3 Å². The lowest BCUT2D eigenvalue weighted by Crippen LogP contribution is -2.31. The van der Waals surface area contributed by atoms with Gasteiger partial charge in [0.15, 0.2) is 11.0 Å². The summed E-state index contributed by atoms with van der Waals surface area (Å²) in [5, 5.41) is 3.75. The molecule has 5 nitrogen and oxygen atoms in total. The Morgan fingerprint density at radius 2 is 1.78 bits per heavy atom. The number of hydrogen-bond donors (Lipinski definition) is 0. The number of hydrazone groups is 1.